The number of hydrogen-bond donors (Lipinski definition) is 1. The topological polar surface area (TPSA) is 24.5 Å². The van der Waals surface area contributed by atoms with Gasteiger partial charge in [-0.3, -0.25) is 0 Å². The lowest BCUT2D eigenvalue weighted by molar-refractivity contribution is -0.0381. The van der Waals surface area contributed by atoms with Crippen molar-refractivity contribution in [3.63, 3.8) is 0 Å². The Morgan fingerprint density at radius 1 is 1.35 bits per heavy atom. The molecular weight excluding hydrogens is 248 g/mol. The number of hydrogen-bond acceptors (Lipinski definition) is 3. The van der Waals surface area contributed by atoms with Gasteiger partial charge >= 0.3 is 0 Å². The van der Waals surface area contributed by atoms with Gasteiger partial charge in [-0.1, -0.05) is 25.1 Å². The predicted molar refractivity (Wildman–Crippen MR) is 84.3 cm³/mol. The first kappa shape index (κ1) is 15.5. The third-order valence-corrected chi connectivity index (χ3v) is 4.24. The number of aryl methyl sites for hydroxylation is 2. The molecule has 3 nitrogen and oxygen atoms in total. The molecule has 1 N–H and O–H groups in total. The first-order chi connectivity index (χ1) is 9.60. The monoisotopic (exact) mass is 276 g/mol. The van der Waals surface area contributed by atoms with Crippen LogP contribution >= 0.6 is 0 Å². The zero-order chi connectivity index (χ0) is 14.5. The molecule has 20 heavy (non-hydrogen) atoms. The van der Waals surface area contributed by atoms with Gasteiger partial charge in [-0.25, -0.2) is 0 Å². The smallest absolute Gasteiger partial charge is 0.0858 e. The molecule has 1 heterocycles. The van der Waals surface area contributed by atoms with Crippen LogP contribution in [0.25, 0.3) is 0 Å². The van der Waals surface area contributed by atoms with Gasteiger partial charge in [-0.05, 0) is 50.6 Å². The minimum absolute atomic E-state index is 0.287. The number of nitrogens with one attached hydrogen (secondary N) is 1. The minimum Gasteiger partial charge on any atom is -0.374 e. The maximum absolute atomic E-state index is 5.99. The molecular formula is C17H28N2O. The molecule has 0 saturated carbocycles. The van der Waals surface area contributed by atoms with E-state index in [-0.39, 0.29) is 6.10 Å². The lowest BCUT2D eigenvalue weighted by Crippen LogP contribution is -2.52. The van der Waals surface area contributed by atoms with E-state index in [1.165, 1.54) is 16.7 Å². The highest BCUT2D eigenvalue weighted by atomic mass is 16.5. The lowest BCUT2D eigenvalue weighted by atomic mass is 9.97. The predicted octanol–water partition coefficient (Wildman–Crippen LogP) is 2.15. The highest BCUT2D eigenvalue weighted by molar-refractivity contribution is 5.30. The Morgan fingerprint density at radius 2 is 2.15 bits per heavy atom. The second-order valence-corrected chi connectivity index (χ2v) is 5.96. The van der Waals surface area contributed by atoms with Crippen LogP contribution in [-0.2, 0) is 11.2 Å². The SMILES string of the molecule is CCNC(Cc1ccc(C)c(C)c1)C1CN(C)CCO1. The highest BCUT2D eigenvalue weighted by Crippen LogP contribution is 2.15. The second-order valence-electron chi connectivity index (χ2n) is 5.96. The Bertz CT molecular complexity index is 433. The third-order valence-electron chi connectivity index (χ3n) is 4.24. The van der Waals surface area contributed by atoms with Crippen LogP contribution in [0.4, 0.5) is 0 Å². The number of rotatable bonds is 5. The van der Waals surface area contributed by atoms with E-state index in [4.69, 9.17) is 4.74 Å². The van der Waals surface area contributed by atoms with Crippen LogP contribution in [-0.4, -0.2) is 50.3 Å². The van der Waals surface area contributed by atoms with E-state index >= 15 is 0 Å². The number of likely N-dealkylation sites (N-methyl/N-ethyl adjacent to an activating group) is 2. The molecule has 1 fully saturated rings. The molecule has 0 bridgehead atoms. The van der Waals surface area contributed by atoms with E-state index in [0.29, 0.717) is 6.04 Å². The molecule has 1 aromatic carbocycles. The summed E-state index contributed by atoms with van der Waals surface area (Å²) < 4.78 is 5.99. The summed E-state index contributed by atoms with van der Waals surface area (Å²) >= 11 is 0. The third kappa shape index (κ3) is 4.05. The Hall–Kier alpha value is -0.900. The lowest BCUT2D eigenvalue weighted by Gasteiger charge is -2.35. The van der Waals surface area contributed by atoms with Crippen LogP contribution in [0.5, 0.6) is 0 Å². The molecule has 0 aromatic heterocycles. The summed E-state index contributed by atoms with van der Waals surface area (Å²) in [7, 11) is 2.18. The van der Waals surface area contributed by atoms with Crippen molar-refractivity contribution in [1.82, 2.24) is 10.2 Å². The van der Waals surface area contributed by atoms with Crippen molar-refractivity contribution in [1.29, 1.82) is 0 Å². The van der Waals surface area contributed by atoms with Gasteiger partial charge in [-0.2, -0.15) is 0 Å². The van der Waals surface area contributed by atoms with Gasteiger partial charge in [0.25, 0.3) is 0 Å². The molecule has 0 radical (unpaired) electrons. The molecule has 1 aromatic rings. The molecule has 2 atom stereocenters. The van der Waals surface area contributed by atoms with Crippen LogP contribution in [0.3, 0.4) is 0 Å². The fourth-order valence-corrected chi connectivity index (χ4v) is 2.84. The maximum atomic E-state index is 5.99. The fraction of sp³-hybridized carbons (Fsp3) is 0.647. The molecule has 1 aliphatic rings. The van der Waals surface area contributed by atoms with E-state index in [9.17, 15) is 0 Å². The van der Waals surface area contributed by atoms with Gasteiger partial charge in [0.05, 0.1) is 12.7 Å². The van der Waals surface area contributed by atoms with Crippen LogP contribution in [0.2, 0.25) is 0 Å². The summed E-state index contributed by atoms with van der Waals surface area (Å²) in [6.45, 7) is 10.4. The maximum Gasteiger partial charge on any atom is 0.0858 e. The Kier molecular flexibility index (Phi) is 5.58. The van der Waals surface area contributed by atoms with Crippen molar-refractivity contribution < 1.29 is 4.74 Å². The van der Waals surface area contributed by atoms with Crippen LogP contribution in [0, 0.1) is 13.8 Å². The summed E-state index contributed by atoms with van der Waals surface area (Å²) in [6, 6.07) is 7.18. The van der Waals surface area contributed by atoms with Gasteiger partial charge in [0, 0.05) is 19.1 Å². The summed E-state index contributed by atoms with van der Waals surface area (Å²) in [4.78, 5) is 2.36. The van der Waals surface area contributed by atoms with Gasteiger partial charge in [0.2, 0.25) is 0 Å². The van der Waals surface area contributed by atoms with Crippen molar-refractivity contribution in [3.8, 4) is 0 Å². The summed E-state index contributed by atoms with van der Waals surface area (Å²) in [5, 5.41) is 3.60. The van der Waals surface area contributed by atoms with Crippen LogP contribution in [0.1, 0.15) is 23.6 Å². The number of morpholine rings is 1. The van der Waals surface area contributed by atoms with Gasteiger partial charge in [0.1, 0.15) is 0 Å². The van der Waals surface area contributed by atoms with E-state index in [0.717, 1.165) is 32.7 Å². The van der Waals surface area contributed by atoms with Crippen molar-refractivity contribution in [2.45, 2.75) is 39.3 Å². The standard InChI is InChI=1S/C17H28N2O/c1-5-18-16(17-12-19(4)8-9-20-17)11-15-7-6-13(2)14(3)10-15/h6-7,10,16-18H,5,8-9,11-12H2,1-4H3. The number of benzene rings is 1. The zero-order valence-electron chi connectivity index (χ0n) is 13.3. The molecule has 2 rings (SSSR count). The fourth-order valence-electron chi connectivity index (χ4n) is 2.84. The van der Waals surface area contributed by atoms with Crippen molar-refractivity contribution in [2.75, 3.05) is 33.3 Å². The van der Waals surface area contributed by atoms with E-state index < -0.39 is 0 Å². The van der Waals surface area contributed by atoms with Crippen LogP contribution < -0.4 is 5.32 Å². The molecule has 0 amide bonds. The average Bonchev–Trinajstić information content (AvgIpc) is 2.42. The first-order valence-corrected chi connectivity index (χ1v) is 7.69. The van der Waals surface area contributed by atoms with E-state index in [2.05, 4.69) is 56.2 Å². The van der Waals surface area contributed by atoms with E-state index in [1.54, 1.807) is 0 Å². The summed E-state index contributed by atoms with van der Waals surface area (Å²) in [5.74, 6) is 0. The molecule has 1 saturated heterocycles. The quantitative estimate of drug-likeness (QED) is 0.892. The van der Waals surface area contributed by atoms with Gasteiger partial charge < -0.3 is 15.0 Å². The summed E-state index contributed by atoms with van der Waals surface area (Å²) in [6.07, 6.45) is 1.32. The molecule has 3 heteroatoms. The average molecular weight is 276 g/mol. The molecule has 2 unspecified atom stereocenters. The van der Waals surface area contributed by atoms with E-state index in [1.807, 2.05) is 0 Å². The minimum atomic E-state index is 0.287. The first-order valence-electron chi connectivity index (χ1n) is 7.69. The normalized spacial score (nSPS) is 21.9. The molecule has 0 aliphatic carbocycles. The number of nitrogens with zero attached hydrogens (tertiary/aromatic N) is 1. The zero-order valence-corrected chi connectivity index (χ0v) is 13.3. The number of ether oxygens (including phenoxy) is 1. The molecule has 0 spiro atoms. The Labute approximate surface area is 123 Å². The van der Waals surface area contributed by atoms with Crippen molar-refractivity contribution in [3.05, 3.63) is 34.9 Å². The largest absolute Gasteiger partial charge is 0.374 e. The van der Waals surface area contributed by atoms with Gasteiger partial charge in [0.15, 0.2) is 0 Å². The van der Waals surface area contributed by atoms with Crippen molar-refractivity contribution >= 4 is 0 Å². The molecule has 1 aliphatic heterocycles. The molecule has 112 valence electrons. The van der Waals surface area contributed by atoms with Crippen LogP contribution in [0.15, 0.2) is 18.2 Å². The summed E-state index contributed by atoms with van der Waals surface area (Å²) in [5.41, 5.74) is 4.14. The van der Waals surface area contributed by atoms with Crippen molar-refractivity contribution in [2.24, 2.45) is 0 Å². The Morgan fingerprint density at radius 3 is 2.80 bits per heavy atom. The van der Waals surface area contributed by atoms with Gasteiger partial charge in [-0.15, -0.1) is 0 Å². The second kappa shape index (κ2) is 7.21. The Balaban J connectivity index is 2.06. The highest BCUT2D eigenvalue weighted by Gasteiger charge is 2.26.